The van der Waals surface area contributed by atoms with Gasteiger partial charge in [-0.05, 0) is 11.0 Å². The van der Waals surface area contributed by atoms with Gasteiger partial charge in [0.1, 0.15) is 0 Å². The number of rotatable bonds is 0. The molecular weight excluding hydrogens is 138 g/mol. The summed E-state index contributed by atoms with van der Waals surface area (Å²) in [6.07, 6.45) is 0. The fraction of sp³-hybridized carbons (Fsp3) is 0. The number of hydrogen-bond acceptors (Lipinski definition) is 3. The predicted molar refractivity (Wildman–Crippen MR) is 30.5 cm³/mol. The minimum atomic E-state index is -4.67. The van der Waals surface area contributed by atoms with Crippen molar-refractivity contribution in [3.63, 3.8) is 0 Å². The molecular formula is H9NO4SSi. The van der Waals surface area contributed by atoms with Crippen LogP contribution in [0, 0.1) is 0 Å². The molecule has 0 aromatic carbocycles. The second kappa shape index (κ2) is 4.21. The van der Waals surface area contributed by atoms with E-state index in [1.54, 1.807) is 0 Å². The molecule has 0 aliphatic rings. The van der Waals surface area contributed by atoms with Gasteiger partial charge in [0.25, 0.3) is 0 Å². The van der Waals surface area contributed by atoms with Crippen molar-refractivity contribution in [1.82, 2.24) is 6.15 Å². The third-order valence-corrected chi connectivity index (χ3v) is 0. The zero-order valence-corrected chi connectivity index (χ0v) is 3.64. The van der Waals surface area contributed by atoms with Crippen LogP contribution in [0.3, 0.4) is 0 Å². The average Bonchev–Trinajstić information content (AvgIpc) is 0.722. The monoisotopic (exact) mass is 147 g/mol. The van der Waals surface area contributed by atoms with E-state index in [9.17, 15) is 0 Å². The van der Waals surface area contributed by atoms with Crippen LogP contribution in [0.15, 0.2) is 0 Å². The molecule has 0 unspecified atom stereocenters. The highest BCUT2D eigenvalue weighted by molar-refractivity contribution is 7.79. The molecule has 0 bridgehead atoms. The van der Waals surface area contributed by atoms with Gasteiger partial charge in [0.05, 0.1) is 0 Å². The maximum absolute atomic E-state index is 8.74. The summed E-state index contributed by atoms with van der Waals surface area (Å²) in [5, 5.41) is 0. The summed E-state index contributed by atoms with van der Waals surface area (Å²) in [7, 11) is -4.67. The van der Waals surface area contributed by atoms with E-state index in [0.717, 1.165) is 0 Å². The van der Waals surface area contributed by atoms with Gasteiger partial charge in [-0.3, -0.25) is 9.11 Å². The van der Waals surface area contributed by atoms with Crippen LogP contribution in [0.2, 0.25) is 0 Å². The lowest BCUT2D eigenvalue weighted by Crippen LogP contribution is -1.89. The van der Waals surface area contributed by atoms with E-state index < -0.39 is 10.4 Å². The summed E-state index contributed by atoms with van der Waals surface area (Å²) in [5.41, 5.74) is 0. The Morgan fingerprint density at radius 2 is 1.14 bits per heavy atom. The fourth-order valence-corrected chi connectivity index (χ4v) is 0. The van der Waals surface area contributed by atoms with Crippen molar-refractivity contribution in [2.45, 2.75) is 0 Å². The Morgan fingerprint density at radius 1 is 1.14 bits per heavy atom. The Balaban J connectivity index is -0.0000000800. The molecule has 0 rings (SSSR count). The molecule has 48 valence electrons. The first-order chi connectivity index (χ1) is 2.00. The molecule has 0 amide bonds. The first-order valence-corrected chi connectivity index (χ1v) is 2.10. The Kier molecular flexibility index (Phi) is 9.47. The summed E-state index contributed by atoms with van der Waals surface area (Å²) < 4.78 is 31.6. The lowest BCUT2D eigenvalue weighted by atomic mass is 14.0. The molecule has 0 saturated heterocycles. The van der Waals surface area contributed by atoms with Gasteiger partial charge < -0.3 is 6.15 Å². The van der Waals surface area contributed by atoms with E-state index in [2.05, 4.69) is 0 Å². The molecule has 0 heterocycles. The Labute approximate surface area is 45.9 Å². The normalized spacial score (nSPS) is 8.29. The third kappa shape index (κ3) is 45100. The molecule has 5 N–H and O–H groups in total. The SMILES string of the molecule is N.O=S(=O)(O)O.[SiH4]. The lowest BCUT2D eigenvalue weighted by molar-refractivity contribution is 0.381. The van der Waals surface area contributed by atoms with Crippen LogP contribution in [0.1, 0.15) is 0 Å². The second-order valence-electron chi connectivity index (χ2n) is 0.448. The Hall–Kier alpha value is 0.0469. The van der Waals surface area contributed by atoms with E-state index in [0.29, 0.717) is 0 Å². The van der Waals surface area contributed by atoms with Crippen molar-refractivity contribution >= 4 is 21.4 Å². The lowest BCUT2D eigenvalue weighted by Gasteiger charge is -1.68. The van der Waals surface area contributed by atoms with Crippen LogP contribution < -0.4 is 6.15 Å². The van der Waals surface area contributed by atoms with Crippen LogP contribution in [0.5, 0.6) is 0 Å². The highest BCUT2D eigenvalue weighted by Gasteiger charge is 1.84. The van der Waals surface area contributed by atoms with Gasteiger partial charge in [-0.1, -0.05) is 0 Å². The van der Waals surface area contributed by atoms with Crippen LogP contribution in [-0.2, 0) is 10.4 Å². The van der Waals surface area contributed by atoms with E-state index in [4.69, 9.17) is 17.5 Å². The molecule has 0 fully saturated rings. The molecule has 0 aromatic rings. The molecule has 0 aliphatic heterocycles. The molecule has 7 heavy (non-hydrogen) atoms. The topological polar surface area (TPSA) is 110 Å². The van der Waals surface area contributed by atoms with Gasteiger partial charge in [0.15, 0.2) is 0 Å². The number of hydrogen-bond donors (Lipinski definition) is 3. The van der Waals surface area contributed by atoms with E-state index in [-0.39, 0.29) is 17.1 Å². The van der Waals surface area contributed by atoms with Crippen LogP contribution in [0.4, 0.5) is 0 Å². The first kappa shape index (κ1) is 15.7. The minimum Gasteiger partial charge on any atom is -0.344 e. The van der Waals surface area contributed by atoms with Crippen molar-refractivity contribution < 1.29 is 17.5 Å². The molecule has 0 atom stereocenters. The highest BCUT2D eigenvalue weighted by Crippen LogP contribution is 1.59. The van der Waals surface area contributed by atoms with Gasteiger partial charge >= 0.3 is 10.4 Å². The zero-order chi connectivity index (χ0) is 4.50. The van der Waals surface area contributed by atoms with Crippen molar-refractivity contribution in [3.8, 4) is 0 Å². The summed E-state index contributed by atoms with van der Waals surface area (Å²) in [6.45, 7) is 0. The standard InChI is InChI=1S/H3N.H2O4S.H4Si/c;1-5(2,3)4;/h1H3;(H2,1,2,3,4);1H4. The maximum atomic E-state index is 8.74. The van der Waals surface area contributed by atoms with E-state index >= 15 is 0 Å². The molecule has 0 spiro atoms. The zero-order valence-electron chi connectivity index (χ0n) is 2.83. The van der Waals surface area contributed by atoms with Crippen molar-refractivity contribution in [3.05, 3.63) is 0 Å². The Morgan fingerprint density at radius 3 is 1.14 bits per heavy atom. The summed E-state index contributed by atoms with van der Waals surface area (Å²) in [6, 6.07) is 0. The molecule has 0 saturated carbocycles. The smallest absolute Gasteiger partial charge is 0.344 e. The quantitative estimate of drug-likeness (QED) is 0.273. The molecule has 0 aromatic heterocycles. The summed E-state index contributed by atoms with van der Waals surface area (Å²) in [5.74, 6) is 0. The van der Waals surface area contributed by atoms with E-state index in [1.807, 2.05) is 0 Å². The van der Waals surface area contributed by atoms with Crippen LogP contribution in [0.25, 0.3) is 0 Å². The molecule has 7 heteroatoms. The average molecular weight is 147 g/mol. The summed E-state index contributed by atoms with van der Waals surface area (Å²) >= 11 is 0. The van der Waals surface area contributed by atoms with Crippen LogP contribution in [-0.4, -0.2) is 28.5 Å². The van der Waals surface area contributed by atoms with Gasteiger partial charge in [-0.2, -0.15) is 8.42 Å². The van der Waals surface area contributed by atoms with Crippen molar-refractivity contribution in [2.75, 3.05) is 0 Å². The van der Waals surface area contributed by atoms with Crippen molar-refractivity contribution in [2.24, 2.45) is 0 Å². The fourth-order valence-electron chi connectivity index (χ4n) is 0. The highest BCUT2D eigenvalue weighted by atomic mass is 32.3. The Bertz CT molecular complexity index is 94.9. The van der Waals surface area contributed by atoms with Gasteiger partial charge in [0, 0.05) is 0 Å². The second-order valence-corrected chi connectivity index (χ2v) is 1.34. The van der Waals surface area contributed by atoms with Crippen LogP contribution >= 0.6 is 0 Å². The third-order valence-electron chi connectivity index (χ3n) is 0. The molecule has 5 nitrogen and oxygen atoms in total. The largest absolute Gasteiger partial charge is 0.394 e. The molecule has 0 radical (unpaired) electrons. The van der Waals surface area contributed by atoms with E-state index in [1.165, 1.54) is 0 Å². The van der Waals surface area contributed by atoms with Gasteiger partial charge in [0.2, 0.25) is 0 Å². The van der Waals surface area contributed by atoms with Crippen molar-refractivity contribution in [1.29, 1.82) is 0 Å². The molecule has 0 aliphatic carbocycles. The predicted octanol–water partition coefficient (Wildman–Crippen LogP) is -1.94. The maximum Gasteiger partial charge on any atom is 0.394 e. The first-order valence-electron chi connectivity index (χ1n) is 0.698. The van der Waals surface area contributed by atoms with Gasteiger partial charge in [-0.25, -0.2) is 0 Å². The summed E-state index contributed by atoms with van der Waals surface area (Å²) in [4.78, 5) is 0. The van der Waals surface area contributed by atoms with Gasteiger partial charge in [-0.15, -0.1) is 0 Å². The minimum absolute atomic E-state index is 0.